The minimum atomic E-state index is -0.364. The number of carbonyl (C=O) groups is 2. The summed E-state index contributed by atoms with van der Waals surface area (Å²) in [7, 11) is 0. The number of hydrogen-bond donors (Lipinski definition) is 1. The number of carbonyl (C=O) groups excluding carboxylic acids is 2. The topological polar surface area (TPSA) is 49.4 Å². The molecule has 0 saturated heterocycles. The third-order valence-electron chi connectivity index (χ3n) is 5.54. The zero-order chi connectivity index (χ0) is 22.8. The summed E-state index contributed by atoms with van der Waals surface area (Å²) in [5.41, 5.74) is 4.92. The molecule has 6 heteroatoms. The molecule has 1 aliphatic heterocycles. The van der Waals surface area contributed by atoms with Crippen molar-refractivity contribution >= 4 is 46.6 Å². The number of rotatable bonds is 6. The first-order valence-electron chi connectivity index (χ1n) is 10.4. The molecule has 1 aliphatic rings. The second-order valence-electron chi connectivity index (χ2n) is 7.60. The standard InChI is InChI=1S/C26H23ClN2O2S/c1-4-18-8-12-20(13-9-18)29-25(30)23(28-22-7-5-6-16(2)17(22)3)24(26(29)31)32-21-14-10-19(27)11-15-21/h5-15,28H,4H2,1-3H3. The third-order valence-corrected chi connectivity index (χ3v) is 6.88. The lowest BCUT2D eigenvalue weighted by Crippen LogP contribution is -2.32. The van der Waals surface area contributed by atoms with E-state index < -0.39 is 0 Å². The Labute approximate surface area is 197 Å². The molecular weight excluding hydrogens is 440 g/mol. The average Bonchev–Trinajstić information content (AvgIpc) is 3.02. The van der Waals surface area contributed by atoms with Crippen molar-refractivity contribution in [2.45, 2.75) is 32.1 Å². The first kappa shape index (κ1) is 22.2. The largest absolute Gasteiger partial charge is 0.350 e. The van der Waals surface area contributed by atoms with E-state index >= 15 is 0 Å². The minimum Gasteiger partial charge on any atom is -0.350 e. The van der Waals surface area contributed by atoms with Gasteiger partial charge >= 0.3 is 0 Å². The van der Waals surface area contributed by atoms with Gasteiger partial charge in [0.25, 0.3) is 11.8 Å². The molecule has 1 N–H and O–H groups in total. The number of anilines is 2. The van der Waals surface area contributed by atoms with Gasteiger partial charge in [-0.15, -0.1) is 0 Å². The zero-order valence-corrected chi connectivity index (χ0v) is 19.7. The van der Waals surface area contributed by atoms with Gasteiger partial charge in [-0.1, -0.05) is 54.6 Å². The molecule has 3 aromatic carbocycles. The summed E-state index contributed by atoms with van der Waals surface area (Å²) >= 11 is 7.28. The van der Waals surface area contributed by atoms with E-state index in [2.05, 4.69) is 12.2 Å². The minimum absolute atomic E-state index is 0.281. The van der Waals surface area contributed by atoms with Crippen LogP contribution in [0, 0.1) is 13.8 Å². The number of imide groups is 1. The van der Waals surface area contributed by atoms with Gasteiger partial charge in [0, 0.05) is 15.6 Å². The number of benzene rings is 3. The lowest BCUT2D eigenvalue weighted by atomic mass is 10.1. The van der Waals surface area contributed by atoms with Crippen LogP contribution in [0.2, 0.25) is 5.02 Å². The van der Waals surface area contributed by atoms with Gasteiger partial charge in [0.2, 0.25) is 0 Å². The van der Waals surface area contributed by atoms with Gasteiger partial charge in [0.1, 0.15) is 10.6 Å². The van der Waals surface area contributed by atoms with Crippen LogP contribution in [0.3, 0.4) is 0 Å². The Morgan fingerprint density at radius 3 is 2.25 bits per heavy atom. The Morgan fingerprint density at radius 1 is 0.906 bits per heavy atom. The van der Waals surface area contributed by atoms with Crippen molar-refractivity contribution in [3.8, 4) is 0 Å². The molecule has 4 nitrogen and oxygen atoms in total. The molecule has 2 amide bonds. The quantitative estimate of drug-likeness (QED) is 0.424. The Balaban J connectivity index is 1.75. The molecule has 4 rings (SSSR count). The van der Waals surface area contributed by atoms with Gasteiger partial charge in [-0.05, 0) is 79.4 Å². The van der Waals surface area contributed by atoms with Crippen LogP contribution in [0.1, 0.15) is 23.6 Å². The van der Waals surface area contributed by atoms with Crippen LogP contribution in [0.15, 0.2) is 82.2 Å². The number of thioether (sulfide) groups is 1. The molecule has 0 aliphatic carbocycles. The maximum Gasteiger partial charge on any atom is 0.283 e. The number of amides is 2. The summed E-state index contributed by atoms with van der Waals surface area (Å²) in [6, 6.07) is 20.6. The molecule has 0 bridgehead atoms. The lowest BCUT2D eigenvalue weighted by Gasteiger charge is -2.16. The second kappa shape index (κ2) is 9.23. The fourth-order valence-electron chi connectivity index (χ4n) is 3.47. The molecule has 0 aromatic heterocycles. The third kappa shape index (κ3) is 4.31. The first-order valence-corrected chi connectivity index (χ1v) is 11.6. The molecule has 0 unspecified atom stereocenters. The van der Waals surface area contributed by atoms with Crippen molar-refractivity contribution in [3.05, 3.63) is 99.0 Å². The number of hydrogen-bond acceptors (Lipinski definition) is 4. The van der Waals surface area contributed by atoms with Gasteiger partial charge in [-0.2, -0.15) is 0 Å². The van der Waals surface area contributed by atoms with Crippen LogP contribution >= 0.6 is 23.4 Å². The van der Waals surface area contributed by atoms with Gasteiger partial charge in [0.15, 0.2) is 0 Å². The zero-order valence-electron chi connectivity index (χ0n) is 18.1. The van der Waals surface area contributed by atoms with Crippen LogP contribution in [0.25, 0.3) is 0 Å². The van der Waals surface area contributed by atoms with Crippen molar-refractivity contribution in [3.63, 3.8) is 0 Å². The van der Waals surface area contributed by atoms with E-state index in [0.29, 0.717) is 15.6 Å². The monoisotopic (exact) mass is 462 g/mol. The van der Waals surface area contributed by atoms with E-state index in [0.717, 1.165) is 33.7 Å². The second-order valence-corrected chi connectivity index (χ2v) is 9.12. The molecule has 0 spiro atoms. The van der Waals surface area contributed by atoms with Crippen molar-refractivity contribution < 1.29 is 9.59 Å². The summed E-state index contributed by atoms with van der Waals surface area (Å²) in [4.78, 5) is 29.4. The van der Waals surface area contributed by atoms with Crippen molar-refractivity contribution in [1.82, 2.24) is 0 Å². The highest BCUT2D eigenvalue weighted by Gasteiger charge is 2.40. The SMILES string of the molecule is CCc1ccc(N2C(=O)C(Nc3cccc(C)c3C)=C(Sc3ccc(Cl)cc3)C2=O)cc1. The van der Waals surface area contributed by atoms with E-state index in [1.54, 1.807) is 12.1 Å². The summed E-state index contributed by atoms with van der Waals surface area (Å²) in [5.74, 6) is -0.705. The first-order chi connectivity index (χ1) is 15.4. The average molecular weight is 463 g/mol. The van der Waals surface area contributed by atoms with Crippen LogP contribution in [0.5, 0.6) is 0 Å². The van der Waals surface area contributed by atoms with Crippen molar-refractivity contribution in [1.29, 1.82) is 0 Å². The van der Waals surface area contributed by atoms with Gasteiger partial charge in [0.05, 0.1) is 5.69 Å². The van der Waals surface area contributed by atoms with Crippen LogP contribution < -0.4 is 10.2 Å². The highest BCUT2D eigenvalue weighted by molar-refractivity contribution is 8.04. The van der Waals surface area contributed by atoms with E-state index in [9.17, 15) is 9.59 Å². The maximum absolute atomic E-state index is 13.5. The van der Waals surface area contributed by atoms with Crippen molar-refractivity contribution in [2.75, 3.05) is 10.2 Å². The summed E-state index contributed by atoms with van der Waals surface area (Å²) in [5, 5.41) is 3.87. The molecular formula is C26H23ClN2O2S. The number of nitrogens with one attached hydrogen (secondary N) is 1. The fraction of sp³-hybridized carbons (Fsp3) is 0.154. The summed E-state index contributed by atoms with van der Waals surface area (Å²) in [6.45, 7) is 6.07. The highest BCUT2D eigenvalue weighted by atomic mass is 35.5. The van der Waals surface area contributed by atoms with E-state index in [1.165, 1.54) is 16.7 Å². The van der Waals surface area contributed by atoms with E-state index in [1.807, 2.05) is 68.4 Å². The molecule has 1 heterocycles. The van der Waals surface area contributed by atoms with E-state index in [-0.39, 0.29) is 17.5 Å². The van der Waals surface area contributed by atoms with Gasteiger partial charge in [-0.25, -0.2) is 4.90 Å². The molecule has 0 saturated carbocycles. The molecule has 0 atom stereocenters. The van der Waals surface area contributed by atoms with E-state index in [4.69, 9.17) is 11.6 Å². The Hall–Kier alpha value is -3.02. The Bertz CT molecular complexity index is 1220. The predicted octanol–water partition coefficient (Wildman–Crippen LogP) is 6.51. The summed E-state index contributed by atoms with van der Waals surface area (Å²) in [6.07, 6.45) is 0.886. The smallest absolute Gasteiger partial charge is 0.283 e. The van der Waals surface area contributed by atoms with Crippen molar-refractivity contribution in [2.24, 2.45) is 0 Å². The molecule has 3 aromatic rings. The number of nitrogens with zero attached hydrogens (tertiary/aromatic N) is 1. The summed E-state index contributed by atoms with van der Waals surface area (Å²) < 4.78 is 0. The molecule has 0 radical (unpaired) electrons. The van der Waals surface area contributed by atoms with Crippen LogP contribution in [0.4, 0.5) is 11.4 Å². The fourth-order valence-corrected chi connectivity index (χ4v) is 4.52. The lowest BCUT2D eigenvalue weighted by molar-refractivity contribution is -0.120. The van der Waals surface area contributed by atoms with Crippen LogP contribution in [-0.2, 0) is 16.0 Å². The predicted molar refractivity (Wildman–Crippen MR) is 132 cm³/mol. The normalized spacial score (nSPS) is 13.8. The molecule has 162 valence electrons. The van der Waals surface area contributed by atoms with Gasteiger partial charge in [-0.3, -0.25) is 9.59 Å². The maximum atomic E-state index is 13.5. The number of aryl methyl sites for hydroxylation is 2. The molecule has 32 heavy (non-hydrogen) atoms. The number of halogens is 1. The van der Waals surface area contributed by atoms with Gasteiger partial charge < -0.3 is 5.32 Å². The van der Waals surface area contributed by atoms with Crippen LogP contribution in [-0.4, -0.2) is 11.8 Å². The Kier molecular flexibility index (Phi) is 6.40. The highest BCUT2D eigenvalue weighted by Crippen LogP contribution is 2.38. The Morgan fingerprint density at radius 2 is 1.59 bits per heavy atom. The molecule has 0 fully saturated rings.